The van der Waals surface area contributed by atoms with E-state index in [0.29, 0.717) is 41.5 Å². The van der Waals surface area contributed by atoms with Gasteiger partial charge in [0, 0.05) is 18.7 Å². The molecule has 4 heterocycles. The van der Waals surface area contributed by atoms with Crippen molar-refractivity contribution in [2.45, 2.75) is 20.1 Å². The number of benzene rings is 1. The third-order valence-corrected chi connectivity index (χ3v) is 4.71. The maximum absolute atomic E-state index is 14.8. The van der Waals surface area contributed by atoms with Gasteiger partial charge >= 0.3 is 6.61 Å². The highest BCUT2D eigenvalue weighted by atomic mass is 19.3. The van der Waals surface area contributed by atoms with Gasteiger partial charge in [0.25, 0.3) is 0 Å². The van der Waals surface area contributed by atoms with Crippen LogP contribution in [0.1, 0.15) is 11.3 Å². The number of ether oxygens (including phenoxy) is 1. The van der Waals surface area contributed by atoms with E-state index < -0.39 is 29.6 Å². The van der Waals surface area contributed by atoms with Crippen molar-refractivity contribution in [3.63, 3.8) is 0 Å². The molecular weight excluding hydrogens is 380 g/mol. The number of rotatable bonds is 3. The summed E-state index contributed by atoms with van der Waals surface area (Å²) in [4.78, 5) is 6.14. The number of aryl methyl sites for hydroxylation is 1. The minimum absolute atomic E-state index is 0.0161. The van der Waals surface area contributed by atoms with E-state index in [0.717, 1.165) is 12.1 Å². The molecule has 0 aliphatic carbocycles. The highest BCUT2D eigenvalue weighted by Gasteiger charge is 2.36. The van der Waals surface area contributed by atoms with Gasteiger partial charge in [0.05, 0.1) is 29.6 Å². The van der Waals surface area contributed by atoms with Crippen LogP contribution in [-0.2, 0) is 6.54 Å². The normalized spacial score (nSPS) is 14.8. The van der Waals surface area contributed by atoms with Gasteiger partial charge in [-0.1, -0.05) is 0 Å². The lowest BCUT2D eigenvalue weighted by Crippen LogP contribution is -2.31. The zero-order valence-electron chi connectivity index (χ0n) is 14.4. The number of hydrogen-bond acceptors (Lipinski definition) is 5. The Kier molecular flexibility index (Phi) is 3.48. The zero-order valence-corrected chi connectivity index (χ0v) is 14.4. The van der Waals surface area contributed by atoms with Crippen LogP contribution < -0.4 is 9.64 Å². The predicted molar refractivity (Wildman–Crippen MR) is 91.1 cm³/mol. The van der Waals surface area contributed by atoms with E-state index in [-0.39, 0.29) is 5.84 Å². The van der Waals surface area contributed by atoms with E-state index in [4.69, 9.17) is 0 Å². The Morgan fingerprint density at radius 1 is 1.18 bits per heavy atom. The summed E-state index contributed by atoms with van der Waals surface area (Å²) >= 11 is 0. The predicted octanol–water partition coefficient (Wildman–Crippen LogP) is 3.37. The van der Waals surface area contributed by atoms with Crippen LogP contribution in [0.5, 0.6) is 5.75 Å². The lowest BCUT2D eigenvalue weighted by atomic mass is 10.1. The number of fused-ring (bicyclic) bond motifs is 2. The van der Waals surface area contributed by atoms with Crippen molar-refractivity contribution in [2.75, 3.05) is 11.4 Å². The molecule has 5 rings (SSSR count). The molecule has 1 N–H and O–H groups in total. The zero-order chi connectivity index (χ0) is 19.6. The number of H-pyrrole nitrogens is 1. The standard InChI is InChI=1S/C17H12F4N6O/c1-7-13-14(25-24-7)9-6-22-27-3-2-26(16(9)27)15(23-13)12-10(18)4-8(5-11(12)19)28-17(20)21/h4-6,17H,2-3H2,1H3,(H,24,25). The lowest BCUT2D eigenvalue weighted by molar-refractivity contribution is -0.0501. The molecular formula is C17H12F4N6O. The van der Waals surface area contributed by atoms with Crippen LogP contribution in [0, 0.1) is 18.6 Å². The van der Waals surface area contributed by atoms with Gasteiger partial charge in [0.15, 0.2) is 0 Å². The van der Waals surface area contributed by atoms with Crippen molar-refractivity contribution >= 4 is 17.3 Å². The Labute approximate surface area is 155 Å². The van der Waals surface area contributed by atoms with Crippen molar-refractivity contribution in [2.24, 2.45) is 4.99 Å². The van der Waals surface area contributed by atoms with Crippen molar-refractivity contribution in [3.05, 3.63) is 41.2 Å². The molecule has 3 aromatic rings. The molecule has 2 aromatic heterocycles. The maximum Gasteiger partial charge on any atom is 0.387 e. The SMILES string of the molecule is Cc1[nH]nc2c1N=C(c1c(F)cc(OC(F)F)cc1F)N1CCn3ncc-2c31. The van der Waals surface area contributed by atoms with Gasteiger partial charge in [-0.15, -0.1) is 0 Å². The quantitative estimate of drug-likeness (QED) is 0.694. The maximum atomic E-state index is 14.8. The fraction of sp³-hybridized carbons (Fsp3) is 0.235. The first-order valence-electron chi connectivity index (χ1n) is 8.35. The number of nitrogens with one attached hydrogen (secondary N) is 1. The first kappa shape index (κ1) is 16.8. The van der Waals surface area contributed by atoms with Crippen LogP contribution in [0.25, 0.3) is 11.3 Å². The summed E-state index contributed by atoms with van der Waals surface area (Å²) in [6, 6.07) is 1.44. The molecule has 0 unspecified atom stereocenters. The molecule has 1 aromatic carbocycles. The number of aliphatic imine (C=N–C) groups is 1. The fourth-order valence-electron chi connectivity index (χ4n) is 3.54. The summed E-state index contributed by atoms with van der Waals surface area (Å²) in [5.74, 6) is -2.08. The van der Waals surface area contributed by atoms with E-state index in [1.165, 1.54) is 0 Å². The molecule has 2 aliphatic rings. The highest BCUT2D eigenvalue weighted by Crippen LogP contribution is 2.43. The summed E-state index contributed by atoms with van der Waals surface area (Å²) in [5.41, 5.74) is 1.84. The van der Waals surface area contributed by atoms with E-state index >= 15 is 0 Å². The van der Waals surface area contributed by atoms with Gasteiger partial charge in [-0.2, -0.15) is 19.0 Å². The number of hydrogen-bond donors (Lipinski definition) is 1. The molecule has 0 radical (unpaired) electrons. The topological polar surface area (TPSA) is 71.3 Å². The Bertz CT molecular complexity index is 1110. The Hall–Kier alpha value is -3.37. The summed E-state index contributed by atoms with van der Waals surface area (Å²) < 4.78 is 60.2. The molecule has 0 saturated heterocycles. The van der Waals surface area contributed by atoms with Crippen LogP contribution >= 0.6 is 0 Å². The van der Waals surface area contributed by atoms with Crippen LogP contribution in [0.2, 0.25) is 0 Å². The molecule has 2 aliphatic heterocycles. The van der Waals surface area contributed by atoms with Crippen molar-refractivity contribution in [1.29, 1.82) is 0 Å². The van der Waals surface area contributed by atoms with Gasteiger partial charge in [-0.25, -0.2) is 18.5 Å². The third-order valence-electron chi connectivity index (χ3n) is 4.71. The number of aromatic nitrogens is 4. The van der Waals surface area contributed by atoms with Crippen LogP contribution in [0.15, 0.2) is 23.3 Å². The van der Waals surface area contributed by atoms with E-state index in [9.17, 15) is 17.6 Å². The number of alkyl halides is 2. The van der Waals surface area contributed by atoms with Gasteiger partial charge in [-0.05, 0) is 6.92 Å². The molecule has 0 amide bonds. The van der Waals surface area contributed by atoms with E-state index in [2.05, 4.69) is 25.0 Å². The summed E-state index contributed by atoms with van der Waals surface area (Å²) in [5, 5.41) is 11.4. The molecule has 28 heavy (non-hydrogen) atoms. The van der Waals surface area contributed by atoms with Crippen LogP contribution in [0.4, 0.5) is 29.1 Å². The fourth-order valence-corrected chi connectivity index (χ4v) is 3.54. The van der Waals surface area contributed by atoms with Crippen LogP contribution in [-0.4, -0.2) is 39.0 Å². The Balaban J connectivity index is 1.73. The number of halogens is 4. The minimum atomic E-state index is -3.19. The average Bonchev–Trinajstić information content (AvgIpc) is 3.27. The second-order valence-electron chi connectivity index (χ2n) is 6.38. The van der Waals surface area contributed by atoms with E-state index in [1.54, 1.807) is 22.7 Å². The lowest BCUT2D eigenvalue weighted by Gasteiger charge is -2.20. The average molecular weight is 392 g/mol. The Morgan fingerprint density at radius 2 is 1.93 bits per heavy atom. The molecule has 11 heteroatoms. The smallest absolute Gasteiger partial charge is 0.387 e. The second-order valence-corrected chi connectivity index (χ2v) is 6.38. The number of anilines is 1. The Morgan fingerprint density at radius 3 is 2.64 bits per heavy atom. The molecule has 144 valence electrons. The van der Waals surface area contributed by atoms with Gasteiger partial charge in [-0.3, -0.25) is 5.10 Å². The minimum Gasteiger partial charge on any atom is -0.435 e. The molecule has 0 fully saturated rings. The molecule has 0 saturated carbocycles. The van der Waals surface area contributed by atoms with Gasteiger partial charge in [0.2, 0.25) is 0 Å². The van der Waals surface area contributed by atoms with Crippen molar-refractivity contribution < 1.29 is 22.3 Å². The first-order chi connectivity index (χ1) is 13.4. The third kappa shape index (κ3) is 2.31. The number of nitrogens with zero attached hydrogens (tertiary/aromatic N) is 5. The number of amidine groups is 1. The summed E-state index contributed by atoms with van der Waals surface area (Å²) in [7, 11) is 0. The summed E-state index contributed by atoms with van der Waals surface area (Å²) in [6.07, 6.45) is 1.63. The van der Waals surface area contributed by atoms with Gasteiger partial charge in [0.1, 0.15) is 40.4 Å². The highest BCUT2D eigenvalue weighted by molar-refractivity contribution is 6.15. The van der Waals surface area contributed by atoms with Gasteiger partial charge < -0.3 is 9.64 Å². The second kappa shape index (κ2) is 5.81. The van der Waals surface area contributed by atoms with Crippen molar-refractivity contribution in [1.82, 2.24) is 20.0 Å². The molecule has 0 spiro atoms. The van der Waals surface area contributed by atoms with Crippen LogP contribution in [0.3, 0.4) is 0 Å². The van der Waals surface area contributed by atoms with Crippen molar-refractivity contribution in [3.8, 4) is 17.0 Å². The van der Waals surface area contributed by atoms with E-state index in [1.807, 2.05) is 0 Å². The number of aromatic amines is 1. The molecule has 7 nitrogen and oxygen atoms in total. The molecule has 0 bridgehead atoms. The monoisotopic (exact) mass is 392 g/mol. The molecule has 0 atom stereocenters. The first-order valence-corrected chi connectivity index (χ1v) is 8.35. The summed E-state index contributed by atoms with van der Waals surface area (Å²) in [6.45, 7) is -0.546. The largest absolute Gasteiger partial charge is 0.435 e.